The number of nitrogens with zero attached hydrogens (tertiary/aromatic N) is 3. The number of hydrogen-bond acceptors (Lipinski definition) is 3. The first-order valence-corrected chi connectivity index (χ1v) is 10.1. The minimum atomic E-state index is -0.341. The second-order valence-corrected chi connectivity index (χ2v) is 7.60. The van der Waals surface area contributed by atoms with E-state index in [1.54, 1.807) is 22.9 Å². The molecule has 4 rings (SSSR count). The first-order valence-electron chi connectivity index (χ1n) is 10.1. The van der Waals surface area contributed by atoms with Crippen molar-refractivity contribution in [3.8, 4) is 5.69 Å². The van der Waals surface area contributed by atoms with Gasteiger partial charge in [-0.3, -0.25) is 4.79 Å². The third-order valence-electron chi connectivity index (χ3n) is 5.35. The van der Waals surface area contributed by atoms with E-state index in [9.17, 15) is 9.18 Å². The SMILES string of the molecule is Cc1cc(C(=O)NCCC2=CCCCC2)c2c(C)nn(-c3cccc(F)c3)c2n1. The molecule has 1 aromatic carbocycles. The third kappa shape index (κ3) is 4.06. The molecule has 2 aromatic heterocycles. The summed E-state index contributed by atoms with van der Waals surface area (Å²) in [6.45, 7) is 4.31. The molecule has 1 aliphatic carbocycles. The van der Waals surface area contributed by atoms with Gasteiger partial charge in [0.1, 0.15) is 5.82 Å². The van der Waals surface area contributed by atoms with Gasteiger partial charge in [0, 0.05) is 12.2 Å². The van der Waals surface area contributed by atoms with Gasteiger partial charge >= 0.3 is 0 Å². The number of nitrogens with one attached hydrogen (secondary N) is 1. The van der Waals surface area contributed by atoms with Gasteiger partial charge < -0.3 is 5.32 Å². The van der Waals surface area contributed by atoms with Crippen LogP contribution in [0.3, 0.4) is 0 Å². The van der Waals surface area contributed by atoms with Crippen molar-refractivity contribution in [2.45, 2.75) is 46.0 Å². The zero-order valence-electron chi connectivity index (χ0n) is 16.8. The lowest BCUT2D eigenvalue weighted by atomic mass is 9.97. The van der Waals surface area contributed by atoms with Crippen LogP contribution in [0.1, 0.15) is 53.8 Å². The molecule has 0 bridgehead atoms. The maximum absolute atomic E-state index is 13.7. The monoisotopic (exact) mass is 392 g/mol. The number of pyridine rings is 1. The molecule has 0 spiro atoms. The Bertz CT molecular complexity index is 1100. The highest BCUT2D eigenvalue weighted by Crippen LogP contribution is 2.25. The number of fused-ring (bicyclic) bond motifs is 1. The largest absolute Gasteiger partial charge is 0.352 e. The van der Waals surface area contributed by atoms with Crippen LogP contribution in [0.25, 0.3) is 16.7 Å². The maximum Gasteiger partial charge on any atom is 0.252 e. The highest BCUT2D eigenvalue weighted by molar-refractivity contribution is 6.06. The van der Waals surface area contributed by atoms with Crippen LogP contribution in [-0.2, 0) is 0 Å². The summed E-state index contributed by atoms with van der Waals surface area (Å²) in [5, 5.41) is 8.29. The van der Waals surface area contributed by atoms with Crippen molar-refractivity contribution < 1.29 is 9.18 Å². The number of amides is 1. The van der Waals surface area contributed by atoms with Crippen LogP contribution >= 0.6 is 0 Å². The maximum atomic E-state index is 13.7. The molecule has 1 aliphatic rings. The molecule has 0 radical (unpaired) electrons. The molecular weight excluding hydrogens is 367 g/mol. The van der Waals surface area contributed by atoms with Crippen molar-refractivity contribution in [1.82, 2.24) is 20.1 Å². The van der Waals surface area contributed by atoms with Gasteiger partial charge in [0.25, 0.3) is 5.91 Å². The summed E-state index contributed by atoms with van der Waals surface area (Å²) in [4.78, 5) is 17.5. The fourth-order valence-corrected chi connectivity index (χ4v) is 3.94. The van der Waals surface area contributed by atoms with E-state index in [1.807, 2.05) is 13.8 Å². The van der Waals surface area contributed by atoms with Crippen LogP contribution in [0.2, 0.25) is 0 Å². The lowest BCUT2D eigenvalue weighted by molar-refractivity contribution is 0.0955. The number of allylic oxidation sites excluding steroid dienone is 1. The first-order chi connectivity index (χ1) is 14.0. The highest BCUT2D eigenvalue weighted by atomic mass is 19.1. The van der Waals surface area contributed by atoms with Crippen molar-refractivity contribution in [1.29, 1.82) is 0 Å². The van der Waals surface area contributed by atoms with Gasteiger partial charge in [0.2, 0.25) is 0 Å². The number of carbonyl (C=O) groups excluding carboxylic acids is 1. The molecule has 1 amide bonds. The second kappa shape index (κ2) is 8.15. The molecule has 0 atom stereocenters. The topological polar surface area (TPSA) is 59.8 Å². The van der Waals surface area contributed by atoms with E-state index in [4.69, 9.17) is 0 Å². The van der Waals surface area contributed by atoms with E-state index in [0.717, 1.165) is 25.0 Å². The van der Waals surface area contributed by atoms with Gasteiger partial charge in [-0.05, 0) is 70.2 Å². The fourth-order valence-electron chi connectivity index (χ4n) is 3.94. The number of benzene rings is 1. The van der Waals surface area contributed by atoms with E-state index in [-0.39, 0.29) is 11.7 Å². The third-order valence-corrected chi connectivity index (χ3v) is 5.35. The number of aromatic nitrogens is 3. The lowest BCUT2D eigenvalue weighted by Crippen LogP contribution is -2.25. The van der Waals surface area contributed by atoms with E-state index in [2.05, 4.69) is 21.5 Å². The molecule has 0 saturated carbocycles. The Kier molecular flexibility index (Phi) is 5.43. The fraction of sp³-hybridized carbons (Fsp3) is 0.348. The smallest absolute Gasteiger partial charge is 0.252 e. The summed E-state index contributed by atoms with van der Waals surface area (Å²) < 4.78 is 15.3. The van der Waals surface area contributed by atoms with E-state index in [1.165, 1.54) is 30.5 Å². The van der Waals surface area contributed by atoms with Crippen LogP contribution in [0.15, 0.2) is 42.0 Å². The number of rotatable bonds is 5. The Labute approximate surface area is 169 Å². The van der Waals surface area contributed by atoms with Crippen LogP contribution in [0.4, 0.5) is 4.39 Å². The van der Waals surface area contributed by atoms with Crippen molar-refractivity contribution >= 4 is 16.9 Å². The Morgan fingerprint density at radius 1 is 1.24 bits per heavy atom. The van der Waals surface area contributed by atoms with Crippen molar-refractivity contribution in [3.63, 3.8) is 0 Å². The zero-order valence-corrected chi connectivity index (χ0v) is 16.8. The van der Waals surface area contributed by atoms with Gasteiger partial charge in [0.15, 0.2) is 5.65 Å². The molecule has 5 nitrogen and oxygen atoms in total. The standard InChI is InChI=1S/C23H25FN4O/c1-15-13-20(23(29)25-12-11-17-7-4-3-5-8-17)21-16(2)27-28(22(21)26-15)19-10-6-9-18(24)14-19/h6-7,9-10,13-14H,3-5,8,11-12H2,1-2H3,(H,25,29). The van der Waals surface area contributed by atoms with Gasteiger partial charge in [-0.2, -0.15) is 5.10 Å². The Balaban J connectivity index is 1.64. The van der Waals surface area contributed by atoms with Gasteiger partial charge in [-0.25, -0.2) is 14.1 Å². The molecule has 0 unspecified atom stereocenters. The lowest BCUT2D eigenvalue weighted by Gasteiger charge is -2.13. The molecule has 3 aromatic rings. The molecule has 0 fully saturated rings. The van der Waals surface area contributed by atoms with Crippen LogP contribution in [-0.4, -0.2) is 27.2 Å². The van der Waals surface area contributed by atoms with Crippen molar-refractivity contribution in [2.75, 3.05) is 6.54 Å². The van der Waals surface area contributed by atoms with Gasteiger partial charge in [-0.15, -0.1) is 0 Å². The second-order valence-electron chi connectivity index (χ2n) is 7.60. The molecule has 29 heavy (non-hydrogen) atoms. The first kappa shape index (κ1) is 19.3. The zero-order chi connectivity index (χ0) is 20.4. The number of carbonyl (C=O) groups is 1. The van der Waals surface area contributed by atoms with Gasteiger partial charge in [0.05, 0.1) is 22.3 Å². The Morgan fingerprint density at radius 2 is 2.10 bits per heavy atom. The average Bonchev–Trinajstić information content (AvgIpc) is 3.04. The predicted octanol–water partition coefficient (Wildman–Crippen LogP) is 4.80. The quantitative estimate of drug-likeness (QED) is 0.635. The van der Waals surface area contributed by atoms with E-state index < -0.39 is 0 Å². The molecule has 6 heteroatoms. The van der Waals surface area contributed by atoms with Crippen LogP contribution < -0.4 is 5.32 Å². The summed E-state index contributed by atoms with van der Waals surface area (Å²) in [6.07, 6.45) is 7.97. The molecule has 0 aliphatic heterocycles. The minimum Gasteiger partial charge on any atom is -0.352 e. The normalized spacial score (nSPS) is 14.1. The summed E-state index contributed by atoms with van der Waals surface area (Å²) >= 11 is 0. The molecule has 1 N–H and O–H groups in total. The Morgan fingerprint density at radius 3 is 2.86 bits per heavy atom. The average molecular weight is 392 g/mol. The van der Waals surface area contributed by atoms with Gasteiger partial charge in [-0.1, -0.05) is 17.7 Å². The number of halogens is 1. The summed E-state index contributed by atoms with van der Waals surface area (Å²) in [5.41, 5.74) is 4.55. The minimum absolute atomic E-state index is 0.126. The summed E-state index contributed by atoms with van der Waals surface area (Å²) in [5.74, 6) is -0.467. The summed E-state index contributed by atoms with van der Waals surface area (Å²) in [6, 6.07) is 8.00. The summed E-state index contributed by atoms with van der Waals surface area (Å²) in [7, 11) is 0. The molecular formula is C23H25FN4O. The molecule has 2 heterocycles. The van der Waals surface area contributed by atoms with Crippen LogP contribution in [0, 0.1) is 19.7 Å². The predicted molar refractivity (Wildman–Crippen MR) is 112 cm³/mol. The van der Waals surface area contributed by atoms with Crippen LogP contribution in [0.5, 0.6) is 0 Å². The highest BCUT2D eigenvalue weighted by Gasteiger charge is 2.19. The van der Waals surface area contributed by atoms with E-state index >= 15 is 0 Å². The molecule has 150 valence electrons. The van der Waals surface area contributed by atoms with Crippen molar-refractivity contribution in [3.05, 3.63) is 64.7 Å². The Hall–Kier alpha value is -3.02. The van der Waals surface area contributed by atoms with Crippen molar-refractivity contribution in [2.24, 2.45) is 0 Å². The van der Waals surface area contributed by atoms with E-state index in [0.29, 0.717) is 34.5 Å². The molecule has 0 saturated heterocycles. The number of aryl methyl sites for hydroxylation is 2. The number of hydrogen-bond donors (Lipinski definition) is 1.